The summed E-state index contributed by atoms with van der Waals surface area (Å²) in [6, 6.07) is 4.73. The topological polar surface area (TPSA) is 84.0 Å². The van der Waals surface area contributed by atoms with Crippen LogP contribution in [0, 0.1) is 12.3 Å². The molecule has 1 amide bonds. The highest BCUT2D eigenvalue weighted by molar-refractivity contribution is 5.97. The van der Waals surface area contributed by atoms with Crippen molar-refractivity contribution < 1.29 is 4.79 Å². The van der Waals surface area contributed by atoms with Crippen LogP contribution in [0.3, 0.4) is 0 Å². The second kappa shape index (κ2) is 5.45. The average Bonchev–Trinajstić information content (AvgIpc) is 2.45. The molecule has 0 spiro atoms. The molecule has 0 saturated heterocycles. The number of fused-ring (bicyclic) bond motifs is 1. The lowest BCUT2D eigenvalue weighted by Gasteiger charge is -2.08. The fourth-order valence-corrected chi connectivity index (χ4v) is 1.97. The zero-order chi connectivity index (χ0) is 14.7. The smallest absolute Gasteiger partial charge is 0.316 e. The van der Waals surface area contributed by atoms with Crippen molar-refractivity contribution >= 4 is 16.9 Å². The number of benzene rings is 1. The van der Waals surface area contributed by atoms with Gasteiger partial charge >= 0.3 is 11.1 Å². The highest BCUT2D eigenvalue weighted by atomic mass is 16.2. The van der Waals surface area contributed by atoms with Crippen LogP contribution in [0.1, 0.15) is 17.3 Å². The summed E-state index contributed by atoms with van der Waals surface area (Å²) in [6.07, 6.45) is 5.07. The van der Waals surface area contributed by atoms with Crippen LogP contribution in [0.25, 0.3) is 11.0 Å². The molecule has 6 heteroatoms. The number of aromatic amines is 1. The Balaban J connectivity index is 2.59. The SMILES string of the molecule is C#CCNC(=O)c1ccc2c(c1)[nH]c(=O)c(=O)n2CC. The fraction of sp³-hybridized carbons (Fsp3) is 0.214. The first-order valence-electron chi connectivity index (χ1n) is 6.07. The molecule has 0 aliphatic carbocycles. The Bertz CT molecular complexity index is 824. The lowest BCUT2D eigenvalue weighted by Crippen LogP contribution is -2.36. The van der Waals surface area contributed by atoms with Crippen molar-refractivity contribution in [2.24, 2.45) is 0 Å². The maximum absolute atomic E-state index is 11.8. The molecule has 1 heterocycles. The zero-order valence-corrected chi connectivity index (χ0v) is 10.9. The maximum Gasteiger partial charge on any atom is 0.316 e. The quantitative estimate of drug-likeness (QED) is 0.612. The van der Waals surface area contributed by atoms with Crippen LogP contribution in [0.2, 0.25) is 0 Å². The van der Waals surface area contributed by atoms with E-state index in [2.05, 4.69) is 16.2 Å². The van der Waals surface area contributed by atoms with Gasteiger partial charge in [-0.05, 0) is 25.1 Å². The molecular weight excluding hydrogens is 258 g/mol. The van der Waals surface area contributed by atoms with Gasteiger partial charge in [-0.1, -0.05) is 5.92 Å². The Kier molecular flexibility index (Phi) is 3.71. The standard InChI is InChI=1S/C14H13N3O3/c1-3-7-15-12(18)9-5-6-11-10(8-9)16-13(19)14(20)17(11)4-2/h1,5-6,8H,4,7H2,2H3,(H,15,18)(H,16,19). The van der Waals surface area contributed by atoms with Crippen LogP contribution >= 0.6 is 0 Å². The van der Waals surface area contributed by atoms with E-state index >= 15 is 0 Å². The monoisotopic (exact) mass is 271 g/mol. The minimum Gasteiger partial charge on any atom is -0.341 e. The van der Waals surface area contributed by atoms with Crippen molar-refractivity contribution in [2.75, 3.05) is 6.54 Å². The second-order valence-electron chi connectivity index (χ2n) is 4.12. The average molecular weight is 271 g/mol. The van der Waals surface area contributed by atoms with Gasteiger partial charge in [-0.3, -0.25) is 14.4 Å². The van der Waals surface area contributed by atoms with E-state index in [0.717, 1.165) is 0 Å². The van der Waals surface area contributed by atoms with Crippen molar-refractivity contribution in [3.8, 4) is 12.3 Å². The van der Waals surface area contributed by atoms with E-state index in [1.807, 2.05) is 0 Å². The van der Waals surface area contributed by atoms with Gasteiger partial charge in [0, 0.05) is 12.1 Å². The first-order valence-corrected chi connectivity index (χ1v) is 6.07. The molecule has 0 unspecified atom stereocenters. The molecule has 2 aromatic rings. The number of amides is 1. The Morgan fingerprint density at radius 1 is 1.45 bits per heavy atom. The van der Waals surface area contributed by atoms with Crippen molar-refractivity contribution in [1.82, 2.24) is 14.9 Å². The highest BCUT2D eigenvalue weighted by Gasteiger charge is 2.10. The Morgan fingerprint density at radius 2 is 2.20 bits per heavy atom. The van der Waals surface area contributed by atoms with E-state index in [1.165, 1.54) is 10.6 Å². The first-order chi connectivity index (χ1) is 9.58. The van der Waals surface area contributed by atoms with Gasteiger partial charge in [0.15, 0.2) is 0 Å². The van der Waals surface area contributed by atoms with Gasteiger partial charge in [-0.2, -0.15) is 0 Å². The van der Waals surface area contributed by atoms with E-state index in [1.54, 1.807) is 19.1 Å². The molecule has 1 aromatic carbocycles. The number of nitrogens with one attached hydrogen (secondary N) is 2. The zero-order valence-electron chi connectivity index (χ0n) is 10.9. The Morgan fingerprint density at radius 3 is 2.85 bits per heavy atom. The molecular formula is C14H13N3O3. The lowest BCUT2D eigenvalue weighted by molar-refractivity contribution is 0.0959. The third-order valence-corrected chi connectivity index (χ3v) is 2.90. The number of terminal acetylenes is 1. The summed E-state index contributed by atoms with van der Waals surface area (Å²) in [7, 11) is 0. The van der Waals surface area contributed by atoms with Gasteiger partial charge in [-0.25, -0.2) is 0 Å². The van der Waals surface area contributed by atoms with E-state index in [9.17, 15) is 14.4 Å². The normalized spacial score (nSPS) is 10.2. The van der Waals surface area contributed by atoms with Gasteiger partial charge in [-0.15, -0.1) is 6.42 Å². The highest BCUT2D eigenvalue weighted by Crippen LogP contribution is 2.11. The van der Waals surface area contributed by atoms with E-state index < -0.39 is 11.1 Å². The lowest BCUT2D eigenvalue weighted by atomic mass is 10.1. The molecule has 2 rings (SSSR count). The minimum atomic E-state index is -0.708. The Hall–Kier alpha value is -2.81. The molecule has 0 fully saturated rings. The summed E-state index contributed by atoms with van der Waals surface area (Å²) in [5, 5.41) is 2.53. The Labute approximate surface area is 114 Å². The van der Waals surface area contributed by atoms with Gasteiger partial charge in [0.05, 0.1) is 17.6 Å². The summed E-state index contributed by atoms with van der Waals surface area (Å²) in [4.78, 5) is 37.5. The predicted octanol–water partition coefficient (Wildman–Crippen LogP) is 0.0727. The molecule has 102 valence electrons. The summed E-state index contributed by atoms with van der Waals surface area (Å²) in [6.45, 7) is 2.28. The molecule has 0 aliphatic rings. The van der Waals surface area contributed by atoms with E-state index in [0.29, 0.717) is 23.1 Å². The van der Waals surface area contributed by atoms with Crippen LogP contribution in [-0.2, 0) is 6.54 Å². The number of aryl methyl sites for hydroxylation is 1. The van der Waals surface area contributed by atoms with Crippen LogP contribution < -0.4 is 16.4 Å². The number of hydrogen-bond acceptors (Lipinski definition) is 3. The number of hydrogen-bond donors (Lipinski definition) is 2. The number of carbonyl (C=O) groups is 1. The number of H-pyrrole nitrogens is 1. The summed E-state index contributed by atoms with van der Waals surface area (Å²) in [5.41, 5.74) is 0.0603. The fourth-order valence-electron chi connectivity index (χ4n) is 1.97. The molecule has 0 radical (unpaired) electrons. The summed E-state index contributed by atoms with van der Waals surface area (Å²) >= 11 is 0. The number of carbonyl (C=O) groups excluding carboxylic acids is 1. The number of nitrogens with zero attached hydrogens (tertiary/aromatic N) is 1. The van der Waals surface area contributed by atoms with Crippen LogP contribution in [0.5, 0.6) is 0 Å². The number of aromatic nitrogens is 2. The van der Waals surface area contributed by atoms with Gasteiger partial charge in [0.1, 0.15) is 0 Å². The third kappa shape index (κ3) is 2.34. The van der Waals surface area contributed by atoms with E-state index in [4.69, 9.17) is 6.42 Å². The largest absolute Gasteiger partial charge is 0.341 e. The van der Waals surface area contributed by atoms with Gasteiger partial charge in [0.25, 0.3) is 5.91 Å². The predicted molar refractivity (Wildman–Crippen MR) is 75.7 cm³/mol. The molecule has 2 N–H and O–H groups in total. The second-order valence-corrected chi connectivity index (χ2v) is 4.12. The van der Waals surface area contributed by atoms with Crippen molar-refractivity contribution in [3.63, 3.8) is 0 Å². The van der Waals surface area contributed by atoms with Crippen LogP contribution in [0.15, 0.2) is 27.8 Å². The van der Waals surface area contributed by atoms with Crippen molar-refractivity contribution in [2.45, 2.75) is 13.5 Å². The van der Waals surface area contributed by atoms with Gasteiger partial charge < -0.3 is 14.9 Å². The molecule has 0 aliphatic heterocycles. The molecule has 20 heavy (non-hydrogen) atoms. The van der Waals surface area contributed by atoms with E-state index in [-0.39, 0.29) is 12.5 Å². The van der Waals surface area contributed by atoms with Crippen LogP contribution in [0.4, 0.5) is 0 Å². The van der Waals surface area contributed by atoms with Crippen molar-refractivity contribution in [1.29, 1.82) is 0 Å². The van der Waals surface area contributed by atoms with Crippen molar-refractivity contribution in [3.05, 3.63) is 44.5 Å². The number of rotatable bonds is 3. The van der Waals surface area contributed by atoms with Crippen LogP contribution in [-0.4, -0.2) is 22.0 Å². The third-order valence-electron chi connectivity index (χ3n) is 2.90. The molecule has 0 saturated carbocycles. The summed E-state index contributed by atoms with van der Waals surface area (Å²) < 4.78 is 1.36. The van der Waals surface area contributed by atoms with Gasteiger partial charge in [0.2, 0.25) is 0 Å². The molecule has 1 aromatic heterocycles. The minimum absolute atomic E-state index is 0.127. The first kappa shape index (κ1) is 13.6. The maximum atomic E-state index is 11.8. The molecule has 0 bridgehead atoms. The summed E-state index contributed by atoms with van der Waals surface area (Å²) in [5.74, 6) is 1.97. The molecule has 6 nitrogen and oxygen atoms in total. The molecule has 0 atom stereocenters.